The maximum Gasteiger partial charge on any atom is 0.0707 e. The van der Waals surface area contributed by atoms with Crippen LogP contribution in [0, 0.1) is 0 Å². The van der Waals surface area contributed by atoms with Crippen molar-refractivity contribution < 1.29 is 4.74 Å². The molecule has 1 aromatic heterocycles. The minimum absolute atomic E-state index is 0.399. The molecule has 1 fully saturated rings. The van der Waals surface area contributed by atoms with Crippen molar-refractivity contribution in [2.24, 2.45) is 0 Å². The van der Waals surface area contributed by atoms with Crippen LogP contribution in [0.15, 0.2) is 17.5 Å². The summed E-state index contributed by atoms with van der Waals surface area (Å²) in [4.78, 5) is 3.85. The van der Waals surface area contributed by atoms with E-state index in [9.17, 15) is 0 Å². The van der Waals surface area contributed by atoms with E-state index in [0.29, 0.717) is 18.2 Å². The van der Waals surface area contributed by atoms with E-state index >= 15 is 0 Å². The van der Waals surface area contributed by atoms with Crippen LogP contribution in [0.5, 0.6) is 0 Å². The molecule has 1 aromatic rings. The lowest BCUT2D eigenvalue weighted by Crippen LogP contribution is -2.33. The molecule has 0 amide bonds. The van der Waals surface area contributed by atoms with Crippen molar-refractivity contribution in [1.29, 1.82) is 0 Å². The summed E-state index contributed by atoms with van der Waals surface area (Å²) in [5, 5.41) is 5.61. The Morgan fingerprint density at radius 1 is 1.45 bits per heavy atom. The molecule has 2 rings (SSSR count). The average Bonchev–Trinajstić information content (AvgIpc) is 3.09. The highest BCUT2D eigenvalue weighted by Gasteiger charge is 2.27. The second-order valence-electron chi connectivity index (χ2n) is 5.79. The fraction of sp³-hybridized carbons (Fsp3) is 0.750. The van der Waals surface area contributed by atoms with Gasteiger partial charge in [0.15, 0.2) is 0 Å². The molecular formula is C16H28N2OS. The Labute approximate surface area is 127 Å². The Morgan fingerprint density at radius 2 is 2.25 bits per heavy atom. The van der Waals surface area contributed by atoms with Gasteiger partial charge in [-0.15, -0.1) is 11.3 Å². The minimum Gasteiger partial charge on any atom is -0.372 e. The van der Waals surface area contributed by atoms with Crippen LogP contribution in [0.3, 0.4) is 0 Å². The van der Waals surface area contributed by atoms with Gasteiger partial charge in [0.1, 0.15) is 0 Å². The summed E-state index contributed by atoms with van der Waals surface area (Å²) in [5.41, 5.74) is 0. The second-order valence-corrected chi connectivity index (χ2v) is 6.77. The van der Waals surface area contributed by atoms with Crippen molar-refractivity contribution in [2.45, 2.75) is 51.4 Å². The number of hydrogen-bond donors (Lipinski definition) is 1. The van der Waals surface area contributed by atoms with Crippen LogP contribution in [-0.2, 0) is 4.74 Å². The summed E-state index contributed by atoms with van der Waals surface area (Å²) in [6.07, 6.45) is 4.40. The third-order valence-corrected chi connectivity index (χ3v) is 5.14. The normalized spacial score (nSPS) is 24.4. The van der Waals surface area contributed by atoms with Gasteiger partial charge in [-0.1, -0.05) is 13.0 Å². The van der Waals surface area contributed by atoms with E-state index in [1.54, 1.807) is 0 Å². The summed E-state index contributed by atoms with van der Waals surface area (Å²) < 4.78 is 6.15. The number of hydrogen-bond acceptors (Lipinski definition) is 4. The second kappa shape index (κ2) is 8.13. The highest BCUT2D eigenvalue weighted by Crippen LogP contribution is 2.26. The van der Waals surface area contributed by atoms with Crippen LogP contribution >= 0.6 is 11.3 Å². The molecule has 3 unspecified atom stereocenters. The zero-order chi connectivity index (χ0) is 14.4. The van der Waals surface area contributed by atoms with Crippen molar-refractivity contribution in [2.75, 3.05) is 26.7 Å². The van der Waals surface area contributed by atoms with Gasteiger partial charge in [0.25, 0.3) is 0 Å². The molecule has 0 radical (unpaired) electrons. The molecule has 4 heteroatoms. The predicted molar refractivity (Wildman–Crippen MR) is 86.4 cm³/mol. The minimum atomic E-state index is 0.399. The molecule has 1 aliphatic rings. The third kappa shape index (κ3) is 4.55. The molecule has 3 atom stereocenters. The standard InChI is InChI=1S/C16H28N2OS/c1-4-9-17-11-14-7-8-15(19-14)12-18(3)13(2)16-6-5-10-20-16/h5-6,10,13-15,17H,4,7-9,11-12H2,1-3H3. The van der Waals surface area contributed by atoms with Gasteiger partial charge in [-0.05, 0) is 51.2 Å². The lowest BCUT2D eigenvalue weighted by molar-refractivity contribution is 0.0221. The Morgan fingerprint density at radius 3 is 2.95 bits per heavy atom. The molecule has 0 saturated carbocycles. The molecule has 0 aliphatic carbocycles. The molecule has 1 saturated heterocycles. The van der Waals surface area contributed by atoms with Crippen molar-refractivity contribution in [3.05, 3.63) is 22.4 Å². The number of rotatable bonds is 8. The summed E-state index contributed by atoms with van der Waals surface area (Å²) in [5.74, 6) is 0. The first-order chi connectivity index (χ1) is 9.70. The van der Waals surface area contributed by atoms with E-state index in [1.165, 1.54) is 24.1 Å². The van der Waals surface area contributed by atoms with Crippen LogP contribution in [0.2, 0.25) is 0 Å². The first kappa shape index (κ1) is 16.0. The molecule has 114 valence electrons. The molecule has 3 nitrogen and oxygen atoms in total. The Bertz CT molecular complexity index is 369. The SMILES string of the molecule is CCCNCC1CCC(CN(C)C(C)c2cccs2)O1. The molecule has 2 heterocycles. The van der Waals surface area contributed by atoms with E-state index in [1.807, 2.05) is 11.3 Å². The van der Waals surface area contributed by atoms with Crippen LogP contribution in [0.4, 0.5) is 0 Å². The van der Waals surface area contributed by atoms with Crippen molar-refractivity contribution in [3.8, 4) is 0 Å². The number of ether oxygens (including phenoxy) is 1. The third-order valence-electron chi connectivity index (χ3n) is 4.10. The number of nitrogens with one attached hydrogen (secondary N) is 1. The highest BCUT2D eigenvalue weighted by atomic mass is 32.1. The van der Waals surface area contributed by atoms with Gasteiger partial charge < -0.3 is 10.1 Å². The van der Waals surface area contributed by atoms with Gasteiger partial charge in [-0.3, -0.25) is 4.90 Å². The zero-order valence-corrected chi connectivity index (χ0v) is 13.8. The first-order valence-corrected chi connectivity index (χ1v) is 8.68. The van der Waals surface area contributed by atoms with E-state index in [-0.39, 0.29) is 0 Å². The lowest BCUT2D eigenvalue weighted by Gasteiger charge is -2.26. The van der Waals surface area contributed by atoms with E-state index in [0.717, 1.165) is 19.6 Å². The van der Waals surface area contributed by atoms with Crippen molar-refractivity contribution in [1.82, 2.24) is 10.2 Å². The Hall–Kier alpha value is -0.420. The average molecular weight is 296 g/mol. The van der Waals surface area contributed by atoms with Crippen molar-refractivity contribution >= 4 is 11.3 Å². The van der Waals surface area contributed by atoms with Gasteiger partial charge in [0.2, 0.25) is 0 Å². The summed E-state index contributed by atoms with van der Waals surface area (Å²) in [6.45, 7) is 7.62. The number of likely N-dealkylation sites (N-methyl/N-ethyl adjacent to an activating group) is 1. The Kier molecular flexibility index (Phi) is 6.49. The maximum absolute atomic E-state index is 6.15. The van der Waals surface area contributed by atoms with Gasteiger partial charge in [0, 0.05) is 24.0 Å². The fourth-order valence-electron chi connectivity index (χ4n) is 2.73. The summed E-state index contributed by atoms with van der Waals surface area (Å²) in [7, 11) is 2.20. The lowest BCUT2D eigenvalue weighted by atomic mass is 10.1. The van der Waals surface area contributed by atoms with Gasteiger partial charge in [-0.25, -0.2) is 0 Å². The molecule has 0 aromatic carbocycles. The van der Waals surface area contributed by atoms with Gasteiger partial charge in [-0.2, -0.15) is 0 Å². The van der Waals surface area contributed by atoms with Gasteiger partial charge >= 0.3 is 0 Å². The quantitative estimate of drug-likeness (QED) is 0.745. The molecule has 0 bridgehead atoms. The van der Waals surface area contributed by atoms with Crippen LogP contribution in [0.25, 0.3) is 0 Å². The number of nitrogens with zero attached hydrogens (tertiary/aromatic N) is 1. The molecule has 20 heavy (non-hydrogen) atoms. The number of thiophene rings is 1. The topological polar surface area (TPSA) is 24.5 Å². The van der Waals surface area contributed by atoms with E-state index in [4.69, 9.17) is 4.74 Å². The van der Waals surface area contributed by atoms with Crippen LogP contribution in [0.1, 0.15) is 44.0 Å². The Balaban J connectivity index is 1.71. The summed E-state index contributed by atoms with van der Waals surface area (Å²) >= 11 is 1.84. The summed E-state index contributed by atoms with van der Waals surface area (Å²) in [6, 6.07) is 4.83. The first-order valence-electron chi connectivity index (χ1n) is 7.80. The zero-order valence-electron chi connectivity index (χ0n) is 13.0. The molecule has 0 spiro atoms. The van der Waals surface area contributed by atoms with Crippen molar-refractivity contribution in [3.63, 3.8) is 0 Å². The maximum atomic E-state index is 6.15. The smallest absolute Gasteiger partial charge is 0.0707 e. The monoisotopic (exact) mass is 296 g/mol. The fourth-order valence-corrected chi connectivity index (χ4v) is 3.58. The largest absolute Gasteiger partial charge is 0.372 e. The van der Waals surface area contributed by atoms with E-state index in [2.05, 4.69) is 48.6 Å². The van der Waals surface area contributed by atoms with Crippen LogP contribution in [-0.4, -0.2) is 43.8 Å². The van der Waals surface area contributed by atoms with E-state index < -0.39 is 0 Å². The molecule has 1 N–H and O–H groups in total. The predicted octanol–water partition coefficient (Wildman–Crippen LogP) is 3.29. The van der Waals surface area contributed by atoms with Gasteiger partial charge in [0.05, 0.1) is 12.2 Å². The molecule has 1 aliphatic heterocycles. The highest BCUT2D eigenvalue weighted by molar-refractivity contribution is 7.10. The molecular weight excluding hydrogens is 268 g/mol. The van der Waals surface area contributed by atoms with Crippen LogP contribution < -0.4 is 5.32 Å².